The van der Waals surface area contributed by atoms with E-state index in [4.69, 9.17) is 9.84 Å². The molecule has 0 saturated carbocycles. The summed E-state index contributed by atoms with van der Waals surface area (Å²) in [6.07, 6.45) is 0.792. The van der Waals surface area contributed by atoms with Gasteiger partial charge in [0.05, 0.1) is 11.7 Å². The average Bonchev–Trinajstić information content (AvgIpc) is 2.28. The van der Waals surface area contributed by atoms with Gasteiger partial charge in [-0.3, -0.25) is 4.79 Å². The predicted molar refractivity (Wildman–Crippen MR) is 61.0 cm³/mol. The topological polar surface area (TPSA) is 49.8 Å². The molecular formula is C12H15NO3. The lowest BCUT2D eigenvalue weighted by Crippen LogP contribution is -2.40. The van der Waals surface area contributed by atoms with E-state index in [-0.39, 0.29) is 12.5 Å². The summed E-state index contributed by atoms with van der Waals surface area (Å²) in [6, 6.07) is 7.95. The molecule has 1 aliphatic heterocycles. The zero-order chi connectivity index (χ0) is 11.5. The van der Waals surface area contributed by atoms with Crippen LogP contribution in [0.3, 0.4) is 0 Å². The molecule has 86 valence electrons. The van der Waals surface area contributed by atoms with Gasteiger partial charge in [-0.15, -0.1) is 0 Å². The second-order valence-corrected chi connectivity index (χ2v) is 3.98. The van der Waals surface area contributed by atoms with Gasteiger partial charge in [0.15, 0.2) is 0 Å². The Labute approximate surface area is 94.4 Å². The second kappa shape index (κ2) is 4.43. The van der Waals surface area contributed by atoms with Crippen molar-refractivity contribution in [3.63, 3.8) is 0 Å². The molecule has 0 aromatic heterocycles. The van der Waals surface area contributed by atoms with Crippen LogP contribution in [0.5, 0.6) is 5.75 Å². The van der Waals surface area contributed by atoms with Crippen LogP contribution < -0.4 is 9.64 Å². The van der Waals surface area contributed by atoms with Crippen LogP contribution >= 0.6 is 0 Å². The molecule has 2 rings (SSSR count). The van der Waals surface area contributed by atoms with E-state index in [1.54, 1.807) is 0 Å². The lowest BCUT2D eigenvalue weighted by atomic mass is 10.1. The van der Waals surface area contributed by atoms with Crippen molar-refractivity contribution < 1.29 is 14.6 Å². The number of hydrogen-bond acceptors (Lipinski definition) is 3. The Balaban J connectivity index is 2.09. The van der Waals surface area contributed by atoms with Crippen LogP contribution in [0.4, 0.5) is 5.69 Å². The molecule has 1 unspecified atom stereocenters. The van der Waals surface area contributed by atoms with Gasteiger partial charge >= 0.3 is 5.97 Å². The maximum atomic E-state index is 10.5. The molecule has 1 aliphatic rings. The minimum absolute atomic E-state index is 0.144. The van der Waals surface area contributed by atoms with Crippen molar-refractivity contribution in [1.29, 1.82) is 0 Å². The van der Waals surface area contributed by atoms with Crippen LogP contribution in [-0.2, 0) is 4.79 Å². The van der Waals surface area contributed by atoms with Gasteiger partial charge in [0, 0.05) is 13.5 Å². The first-order valence-corrected chi connectivity index (χ1v) is 5.35. The maximum Gasteiger partial charge on any atom is 0.303 e. The van der Waals surface area contributed by atoms with Crippen LogP contribution in [0, 0.1) is 0 Å². The largest absolute Gasteiger partial charge is 0.489 e. The molecule has 0 radical (unpaired) electrons. The number of carboxylic acid groups (broad SMARTS) is 1. The number of anilines is 1. The highest BCUT2D eigenvalue weighted by atomic mass is 16.5. The minimum Gasteiger partial charge on any atom is -0.489 e. The number of fused-ring (bicyclic) bond motifs is 1. The van der Waals surface area contributed by atoms with E-state index in [2.05, 4.69) is 4.90 Å². The molecule has 1 heterocycles. The molecule has 0 fully saturated rings. The Bertz CT molecular complexity index is 392. The zero-order valence-corrected chi connectivity index (χ0v) is 9.22. The van der Waals surface area contributed by atoms with Crippen LogP contribution in [0.1, 0.15) is 12.8 Å². The van der Waals surface area contributed by atoms with Crippen molar-refractivity contribution >= 4 is 11.7 Å². The summed E-state index contributed by atoms with van der Waals surface area (Å²) in [6.45, 7) is 0.556. The number of rotatable bonds is 3. The molecule has 0 saturated heterocycles. The molecule has 1 atom stereocenters. The molecule has 16 heavy (non-hydrogen) atoms. The van der Waals surface area contributed by atoms with Gasteiger partial charge in [-0.25, -0.2) is 0 Å². The molecule has 4 heteroatoms. The molecule has 0 aliphatic carbocycles. The lowest BCUT2D eigenvalue weighted by molar-refractivity contribution is -0.137. The standard InChI is InChI=1S/C12H15NO3/c1-13-9(6-7-12(14)15)8-16-11-5-3-2-4-10(11)13/h2-5,9H,6-8H2,1H3,(H,14,15). The van der Waals surface area contributed by atoms with Crippen molar-refractivity contribution in [3.05, 3.63) is 24.3 Å². The van der Waals surface area contributed by atoms with E-state index in [0.29, 0.717) is 13.0 Å². The van der Waals surface area contributed by atoms with Gasteiger partial charge in [0.2, 0.25) is 0 Å². The fourth-order valence-electron chi connectivity index (χ4n) is 1.93. The van der Waals surface area contributed by atoms with Gasteiger partial charge in [-0.2, -0.15) is 0 Å². The summed E-state index contributed by atoms with van der Waals surface area (Å²) in [5.74, 6) is 0.115. The summed E-state index contributed by atoms with van der Waals surface area (Å²) >= 11 is 0. The molecule has 0 bridgehead atoms. The van der Waals surface area contributed by atoms with E-state index in [0.717, 1.165) is 11.4 Å². The maximum absolute atomic E-state index is 10.5. The molecule has 4 nitrogen and oxygen atoms in total. The van der Waals surface area contributed by atoms with Crippen molar-refractivity contribution in [2.24, 2.45) is 0 Å². The molecule has 0 amide bonds. The van der Waals surface area contributed by atoms with E-state index in [1.165, 1.54) is 0 Å². The third-order valence-corrected chi connectivity index (χ3v) is 2.92. The summed E-state index contributed by atoms with van der Waals surface area (Å²) in [7, 11) is 1.98. The Hall–Kier alpha value is -1.71. The molecule has 1 N–H and O–H groups in total. The predicted octanol–water partition coefficient (Wildman–Crippen LogP) is 1.75. The average molecular weight is 221 g/mol. The highest BCUT2D eigenvalue weighted by molar-refractivity contribution is 5.67. The summed E-state index contributed by atoms with van der Waals surface area (Å²) in [4.78, 5) is 12.6. The van der Waals surface area contributed by atoms with Crippen LogP contribution in [0.2, 0.25) is 0 Å². The Morgan fingerprint density at radius 2 is 2.31 bits per heavy atom. The third-order valence-electron chi connectivity index (χ3n) is 2.92. The Morgan fingerprint density at radius 3 is 3.06 bits per heavy atom. The van der Waals surface area contributed by atoms with E-state index in [9.17, 15) is 4.79 Å². The number of benzene rings is 1. The molecule has 1 aromatic rings. The SMILES string of the molecule is CN1c2ccccc2OCC1CCC(=O)O. The third kappa shape index (κ3) is 2.10. The second-order valence-electron chi connectivity index (χ2n) is 3.98. The number of para-hydroxylation sites is 2. The fourth-order valence-corrected chi connectivity index (χ4v) is 1.93. The molecule has 0 spiro atoms. The smallest absolute Gasteiger partial charge is 0.303 e. The van der Waals surface area contributed by atoms with E-state index >= 15 is 0 Å². The summed E-state index contributed by atoms with van der Waals surface area (Å²) in [5.41, 5.74) is 1.03. The van der Waals surface area contributed by atoms with Crippen LogP contribution in [0.15, 0.2) is 24.3 Å². The quantitative estimate of drug-likeness (QED) is 0.844. The zero-order valence-electron chi connectivity index (χ0n) is 9.22. The van der Waals surface area contributed by atoms with Crippen molar-refractivity contribution in [2.75, 3.05) is 18.6 Å². The van der Waals surface area contributed by atoms with Gasteiger partial charge in [-0.1, -0.05) is 12.1 Å². The van der Waals surface area contributed by atoms with Crippen molar-refractivity contribution in [1.82, 2.24) is 0 Å². The number of nitrogens with zero attached hydrogens (tertiary/aromatic N) is 1. The Morgan fingerprint density at radius 1 is 1.56 bits per heavy atom. The van der Waals surface area contributed by atoms with Crippen molar-refractivity contribution in [2.45, 2.75) is 18.9 Å². The normalized spacial score (nSPS) is 18.8. The number of carbonyl (C=O) groups is 1. The number of carboxylic acids is 1. The van der Waals surface area contributed by atoms with E-state index in [1.807, 2.05) is 31.3 Å². The first kappa shape index (κ1) is 10.8. The van der Waals surface area contributed by atoms with Gasteiger partial charge in [0.25, 0.3) is 0 Å². The summed E-state index contributed by atoms with van der Waals surface area (Å²) < 4.78 is 5.60. The van der Waals surface area contributed by atoms with Gasteiger partial charge in [0.1, 0.15) is 12.4 Å². The summed E-state index contributed by atoms with van der Waals surface area (Å²) in [5, 5.41) is 8.67. The van der Waals surface area contributed by atoms with Crippen LogP contribution in [0.25, 0.3) is 0 Å². The first-order valence-electron chi connectivity index (χ1n) is 5.35. The number of ether oxygens (including phenoxy) is 1. The fraction of sp³-hybridized carbons (Fsp3) is 0.417. The number of likely N-dealkylation sites (N-methyl/N-ethyl adjacent to an activating group) is 1. The first-order chi connectivity index (χ1) is 7.68. The minimum atomic E-state index is -0.757. The Kier molecular flexibility index (Phi) is 2.99. The monoisotopic (exact) mass is 221 g/mol. The van der Waals surface area contributed by atoms with Gasteiger partial charge in [-0.05, 0) is 18.6 Å². The van der Waals surface area contributed by atoms with Gasteiger partial charge < -0.3 is 14.7 Å². The highest BCUT2D eigenvalue weighted by Gasteiger charge is 2.24. The van der Waals surface area contributed by atoms with Crippen LogP contribution in [-0.4, -0.2) is 30.8 Å². The molecular weight excluding hydrogens is 206 g/mol. The number of aliphatic carboxylic acids is 1. The number of hydrogen-bond donors (Lipinski definition) is 1. The lowest BCUT2D eigenvalue weighted by Gasteiger charge is -2.35. The van der Waals surface area contributed by atoms with E-state index < -0.39 is 5.97 Å². The molecule has 1 aromatic carbocycles. The highest BCUT2D eigenvalue weighted by Crippen LogP contribution is 2.33. The van der Waals surface area contributed by atoms with Crippen molar-refractivity contribution in [3.8, 4) is 5.75 Å².